The van der Waals surface area contributed by atoms with Crippen LogP contribution in [-0.2, 0) is 4.79 Å². The zero-order valence-corrected chi connectivity index (χ0v) is 16.3. The highest BCUT2D eigenvalue weighted by Crippen LogP contribution is 2.31. The van der Waals surface area contributed by atoms with E-state index in [9.17, 15) is 9.59 Å². The summed E-state index contributed by atoms with van der Waals surface area (Å²) in [6.07, 6.45) is 6.39. The van der Waals surface area contributed by atoms with Crippen molar-refractivity contribution in [2.45, 2.75) is 0 Å². The van der Waals surface area contributed by atoms with Crippen molar-refractivity contribution in [1.29, 1.82) is 0 Å². The van der Waals surface area contributed by atoms with E-state index in [0.29, 0.717) is 28.2 Å². The molecule has 0 saturated heterocycles. The van der Waals surface area contributed by atoms with E-state index < -0.39 is 0 Å². The Labute approximate surface area is 176 Å². The van der Waals surface area contributed by atoms with Crippen molar-refractivity contribution in [2.24, 2.45) is 0 Å². The number of carbonyl (C=O) groups is 1. The van der Waals surface area contributed by atoms with E-state index in [-0.39, 0.29) is 11.5 Å². The van der Waals surface area contributed by atoms with E-state index in [1.807, 2.05) is 18.2 Å². The summed E-state index contributed by atoms with van der Waals surface area (Å²) in [4.78, 5) is 33.0. The number of fused-ring (bicyclic) bond motifs is 3. The lowest BCUT2D eigenvalue weighted by Crippen LogP contribution is -2.17. The second-order valence-electron chi connectivity index (χ2n) is 6.88. The van der Waals surface area contributed by atoms with Gasteiger partial charge in [-0.05, 0) is 48.5 Å². The minimum atomic E-state index is -0.304. The third-order valence-corrected chi connectivity index (χ3v) is 4.94. The summed E-state index contributed by atoms with van der Waals surface area (Å²) >= 11 is 0. The lowest BCUT2D eigenvalue weighted by molar-refractivity contribution is -0.111. The molecule has 0 atom stereocenters. The first-order valence-corrected chi connectivity index (χ1v) is 9.52. The molecular weight excluding hydrogens is 392 g/mol. The van der Waals surface area contributed by atoms with Crippen LogP contribution in [0.2, 0.25) is 0 Å². The van der Waals surface area contributed by atoms with Crippen LogP contribution in [0.1, 0.15) is 0 Å². The number of rotatable bonds is 4. The lowest BCUT2D eigenvalue weighted by Gasteiger charge is -2.09. The normalized spacial score (nSPS) is 11.0. The molecule has 5 aromatic rings. The van der Waals surface area contributed by atoms with E-state index in [1.54, 1.807) is 53.5 Å². The smallest absolute Gasteiger partial charge is 0.255 e. The molecule has 0 unspecified atom stereocenters. The third kappa shape index (κ3) is 3.28. The molecule has 1 amide bonds. The van der Waals surface area contributed by atoms with Crippen LogP contribution in [0.25, 0.3) is 39.0 Å². The molecule has 0 fully saturated rings. The molecule has 150 valence electrons. The predicted octanol–water partition coefficient (Wildman–Crippen LogP) is 4.32. The molecule has 7 heteroatoms. The van der Waals surface area contributed by atoms with Crippen molar-refractivity contribution in [3.63, 3.8) is 0 Å². The molecule has 7 nitrogen and oxygen atoms in total. The summed E-state index contributed by atoms with van der Waals surface area (Å²) in [6.45, 7) is 3.44. The molecule has 0 radical (unpaired) electrons. The van der Waals surface area contributed by atoms with Gasteiger partial charge in [-0.25, -0.2) is 4.98 Å². The average Bonchev–Trinajstić information content (AvgIpc) is 3.18. The van der Waals surface area contributed by atoms with Crippen molar-refractivity contribution >= 4 is 33.8 Å². The number of aromatic nitrogens is 3. The van der Waals surface area contributed by atoms with E-state index in [4.69, 9.17) is 4.42 Å². The zero-order valence-electron chi connectivity index (χ0n) is 16.3. The molecule has 4 heterocycles. The summed E-state index contributed by atoms with van der Waals surface area (Å²) < 4.78 is 7.48. The Morgan fingerprint density at radius 3 is 2.65 bits per heavy atom. The SMILES string of the molecule is C=CC(=O)Nc1ccc(-n2c(=O)ccc3oc4ncc(-c5cccnc5)cc4c32)cc1. The molecule has 5 rings (SSSR count). The number of nitrogens with one attached hydrogen (secondary N) is 1. The van der Waals surface area contributed by atoms with Crippen LogP contribution >= 0.6 is 0 Å². The molecule has 0 bridgehead atoms. The summed E-state index contributed by atoms with van der Waals surface area (Å²) in [6, 6.07) is 15.8. The first kappa shape index (κ1) is 18.5. The van der Waals surface area contributed by atoms with Crippen LogP contribution in [-0.4, -0.2) is 20.4 Å². The Bertz CT molecular complexity index is 1500. The van der Waals surface area contributed by atoms with Crippen molar-refractivity contribution in [2.75, 3.05) is 5.32 Å². The molecule has 0 spiro atoms. The molecule has 1 aromatic carbocycles. The van der Waals surface area contributed by atoms with Gasteiger partial charge in [-0.3, -0.25) is 19.1 Å². The van der Waals surface area contributed by atoms with E-state index in [0.717, 1.165) is 16.5 Å². The van der Waals surface area contributed by atoms with Gasteiger partial charge in [-0.1, -0.05) is 12.6 Å². The van der Waals surface area contributed by atoms with Crippen LogP contribution in [0.5, 0.6) is 0 Å². The average molecular weight is 408 g/mol. The Hall–Kier alpha value is -4.52. The summed E-state index contributed by atoms with van der Waals surface area (Å²) in [5.41, 5.74) is 4.44. The summed E-state index contributed by atoms with van der Waals surface area (Å²) in [7, 11) is 0. The Kier molecular flexibility index (Phi) is 4.41. The van der Waals surface area contributed by atoms with Gasteiger partial charge in [0.25, 0.3) is 5.56 Å². The van der Waals surface area contributed by atoms with Gasteiger partial charge in [0.2, 0.25) is 11.6 Å². The maximum atomic E-state index is 12.8. The van der Waals surface area contributed by atoms with Crippen molar-refractivity contribution < 1.29 is 9.21 Å². The highest BCUT2D eigenvalue weighted by molar-refractivity contribution is 6.03. The van der Waals surface area contributed by atoms with Gasteiger partial charge in [-0.2, -0.15) is 0 Å². The van der Waals surface area contributed by atoms with Crippen molar-refractivity contribution in [1.82, 2.24) is 14.5 Å². The van der Waals surface area contributed by atoms with Crippen molar-refractivity contribution in [3.05, 3.63) is 96.2 Å². The molecule has 0 aliphatic heterocycles. The topological polar surface area (TPSA) is 90.0 Å². The maximum absolute atomic E-state index is 12.8. The van der Waals surface area contributed by atoms with Gasteiger partial charge >= 0.3 is 0 Å². The van der Waals surface area contributed by atoms with Crippen LogP contribution < -0.4 is 10.9 Å². The fraction of sp³-hybridized carbons (Fsp3) is 0. The van der Waals surface area contributed by atoms with Crippen molar-refractivity contribution in [3.8, 4) is 16.8 Å². The Balaban J connectivity index is 1.70. The van der Waals surface area contributed by atoms with Crippen LogP contribution in [0.15, 0.2) is 95.1 Å². The summed E-state index contributed by atoms with van der Waals surface area (Å²) in [5.74, 6) is -0.304. The molecule has 0 saturated carbocycles. The Morgan fingerprint density at radius 2 is 1.90 bits per heavy atom. The fourth-order valence-corrected chi connectivity index (χ4v) is 3.50. The molecule has 1 N–H and O–H groups in total. The standard InChI is InChI=1S/C24H16N4O3/c1-2-21(29)27-17-5-7-18(8-6-17)28-22(30)10-9-20-23(28)19-12-16(14-26-24(19)31-20)15-4-3-11-25-13-15/h2-14H,1H2,(H,27,29). The number of benzene rings is 1. The number of nitrogens with zero attached hydrogens (tertiary/aromatic N) is 3. The number of hydrogen-bond acceptors (Lipinski definition) is 5. The van der Waals surface area contributed by atoms with Crippen LogP contribution in [0, 0.1) is 0 Å². The number of hydrogen-bond donors (Lipinski definition) is 1. The first-order valence-electron chi connectivity index (χ1n) is 9.52. The molecule has 0 aliphatic carbocycles. The van der Waals surface area contributed by atoms with Gasteiger partial charge < -0.3 is 9.73 Å². The van der Waals surface area contributed by atoms with E-state index in [1.165, 1.54) is 12.1 Å². The monoisotopic (exact) mass is 408 g/mol. The van der Waals surface area contributed by atoms with Gasteiger partial charge in [-0.15, -0.1) is 0 Å². The predicted molar refractivity (Wildman–Crippen MR) is 119 cm³/mol. The maximum Gasteiger partial charge on any atom is 0.255 e. The van der Waals surface area contributed by atoms with E-state index in [2.05, 4.69) is 21.9 Å². The number of carbonyl (C=O) groups excluding carboxylic acids is 1. The van der Waals surface area contributed by atoms with Crippen LogP contribution in [0.4, 0.5) is 5.69 Å². The minimum Gasteiger partial charge on any atom is -0.436 e. The number of pyridine rings is 3. The van der Waals surface area contributed by atoms with Crippen LogP contribution in [0.3, 0.4) is 0 Å². The first-order chi connectivity index (χ1) is 15.1. The van der Waals surface area contributed by atoms with Gasteiger partial charge in [0.05, 0.1) is 5.39 Å². The quantitative estimate of drug-likeness (QED) is 0.447. The summed E-state index contributed by atoms with van der Waals surface area (Å²) in [5, 5.41) is 3.41. The zero-order chi connectivity index (χ0) is 21.4. The van der Waals surface area contributed by atoms with Gasteiger partial charge in [0.15, 0.2) is 5.58 Å². The molecule has 0 aliphatic rings. The number of anilines is 1. The number of amides is 1. The second kappa shape index (κ2) is 7.38. The van der Waals surface area contributed by atoms with Gasteiger partial charge in [0, 0.05) is 47.2 Å². The highest BCUT2D eigenvalue weighted by Gasteiger charge is 2.16. The largest absolute Gasteiger partial charge is 0.436 e. The third-order valence-electron chi connectivity index (χ3n) is 4.94. The number of furan rings is 1. The minimum absolute atomic E-state index is 0.204. The molecular formula is C24H16N4O3. The van der Waals surface area contributed by atoms with Gasteiger partial charge in [0.1, 0.15) is 5.52 Å². The highest BCUT2D eigenvalue weighted by atomic mass is 16.3. The molecule has 4 aromatic heterocycles. The fourth-order valence-electron chi connectivity index (χ4n) is 3.50. The lowest BCUT2D eigenvalue weighted by atomic mass is 10.1. The van der Waals surface area contributed by atoms with E-state index >= 15 is 0 Å². The molecule has 31 heavy (non-hydrogen) atoms. The Morgan fingerprint density at radius 1 is 1.06 bits per heavy atom. The second-order valence-corrected chi connectivity index (χ2v) is 6.88.